The van der Waals surface area contributed by atoms with Crippen LogP contribution in [0.15, 0.2) is 18.2 Å². The molecule has 0 fully saturated rings. The number of halogens is 1. The molecule has 1 aromatic rings. The van der Waals surface area contributed by atoms with Crippen LogP contribution in [0.1, 0.15) is 26.7 Å². The molecule has 0 atom stereocenters. The van der Waals surface area contributed by atoms with Crippen LogP contribution in [-0.4, -0.2) is 18.6 Å². The fraction of sp³-hybridized carbons (Fsp3) is 0.462. The van der Waals surface area contributed by atoms with Crippen LogP contribution < -0.4 is 15.8 Å². The molecule has 4 nitrogen and oxygen atoms in total. The number of nitrogens with one attached hydrogen (secondary N) is 1. The van der Waals surface area contributed by atoms with Crippen LogP contribution in [0.2, 0.25) is 0 Å². The number of benzene rings is 1. The van der Waals surface area contributed by atoms with Gasteiger partial charge in [-0.05, 0) is 25.0 Å². The Morgan fingerprint density at radius 2 is 2.11 bits per heavy atom. The molecule has 0 aromatic heterocycles. The van der Waals surface area contributed by atoms with E-state index >= 15 is 0 Å². The third kappa shape index (κ3) is 4.24. The highest BCUT2D eigenvalue weighted by Crippen LogP contribution is 2.19. The van der Waals surface area contributed by atoms with Crippen LogP contribution >= 0.6 is 0 Å². The van der Waals surface area contributed by atoms with Crippen molar-refractivity contribution in [1.82, 2.24) is 5.32 Å². The van der Waals surface area contributed by atoms with E-state index in [1.54, 1.807) is 0 Å². The Morgan fingerprint density at radius 1 is 1.44 bits per heavy atom. The molecule has 0 saturated carbocycles. The van der Waals surface area contributed by atoms with E-state index < -0.39 is 5.82 Å². The molecule has 0 spiro atoms. The van der Waals surface area contributed by atoms with Gasteiger partial charge in [-0.3, -0.25) is 4.79 Å². The normalized spacial score (nSPS) is 10.4. The number of ether oxygens (including phenoxy) is 1. The lowest BCUT2D eigenvalue weighted by Gasteiger charge is -2.15. The Balaban J connectivity index is 2.47. The van der Waals surface area contributed by atoms with E-state index in [0.29, 0.717) is 5.69 Å². The van der Waals surface area contributed by atoms with E-state index in [0.717, 1.165) is 18.9 Å². The van der Waals surface area contributed by atoms with Gasteiger partial charge < -0.3 is 15.8 Å². The zero-order chi connectivity index (χ0) is 13.5. The van der Waals surface area contributed by atoms with Crippen molar-refractivity contribution >= 4 is 11.6 Å². The summed E-state index contributed by atoms with van der Waals surface area (Å²) in [5, 5.41) is 2.81. The maximum Gasteiger partial charge on any atom is 0.258 e. The fourth-order valence-corrected chi connectivity index (χ4v) is 1.54. The minimum absolute atomic E-state index is 0.0314. The molecular formula is C13H19FN2O2. The summed E-state index contributed by atoms with van der Waals surface area (Å²) in [6.45, 7) is 3.79. The number of hydrogen-bond acceptors (Lipinski definition) is 3. The van der Waals surface area contributed by atoms with Gasteiger partial charge in [0.1, 0.15) is 0 Å². The Kier molecular flexibility index (Phi) is 5.42. The summed E-state index contributed by atoms with van der Waals surface area (Å²) in [6, 6.07) is 4.23. The van der Waals surface area contributed by atoms with Gasteiger partial charge in [0.25, 0.3) is 5.91 Å². The molecule has 18 heavy (non-hydrogen) atoms. The van der Waals surface area contributed by atoms with E-state index in [-0.39, 0.29) is 24.3 Å². The first-order chi connectivity index (χ1) is 8.56. The number of amides is 1. The molecule has 0 bridgehead atoms. The summed E-state index contributed by atoms with van der Waals surface area (Å²) in [5.41, 5.74) is 5.73. The molecular weight excluding hydrogens is 235 g/mol. The van der Waals surface area contributed by atoms with Gasteiger partial charge in [-0.15, -0.1) is 0 Å². The highest BCUT2D eigenvalue weighted by molar-refractivity contribution is 5.77. The van der Waals surface area contributed by atoms with Crippen LogP contribution in [0.3, 0.4) is 0 Å². The van der Waals surface area contributed by atoms with Crippen LogP contribution in [-0.2, 0) is 4.79 Å². The highest BCUT2D eigenvalue weighted by Gasteiger charge is 2.10. The average Bonchev–Trinajstić information content (AvgIpc) is 2.35. The van der Waals surface area contributed by atoms with Crippen LogP contribution in [0.4, 0.5) is 10.1 Å². The second kappa shape index (κ2) is 6.83. The number of carbonyl (C=O) groups excluding carboxylic acids is 1. The summed E-state index contributed by atoms with van der Waals surface area (Å²) in [7, 11) is 0. The molecule has 1 rings (SSSR count). The lowest BCUT2D eigenvalue weighted by molar-refractivity contribution is -0.123. The van der Waals surface area contributed by atoms with Crippen molar-refractivity contribution in [2.24, 2.45) is 0 Å². The number of rotatable bonds is 6. The predicted octanol–water partition coefficient (Wildman–Crippen LogP) is 2.09. The van der Waals surface area contributed by atoms with Crippen LogP contribution in [0.25, 0.3) is 0 Å². The molecule has 5 heteroatoms. The molecule has 0 heterocycles. The Labute approximate surface area is 106 Å². The van der Waals surface area contributed by atoms with Crippen molar-refractivity contribution in [2.75, 3.05) is 12.3 Å². The van der Waals surface area contributed by atoms with E-state index in [1.165, 1.54) is 12.1 Å². The lowest BCUT2D eigenvalue weighted by Crippen LogP contribution is -2.37. The van der Waals surface area contributed by atoms with Crippen LogP contribution in [0, 0.1) is 5.82 Å². The third-order valence-corrected chi connectivity index (χ3v) is 2.67. The van der Waals surface area contributed by atoms with E-state index in [9.17, 15) is 9.18 Å². The fourth-order valence-electron chi connectivity index (χ4n) is 1.54. The van der Waals surface area contributed by atoms with Crippen molar-refractivity contribution in [3.05, 3.63) is 24.0 Å². The number of anilines is 1. The van der Waals surface area contributed by atoms with Gasteiger partial charge in [-0.2, -0.15) is 0 Å². The van der Waals surface area contributed by atoms with Crippen molar-refractivity contribution in [3.63, 3.8) is 0 Å². The molecule has 0 saturated heterocycles. The Hall–Kier alpha value is -1.78. The van der Waals surface area contributed by atoms with Gasteiger partial charge in [-0.1, -0.05) is 13.8 Å². The molecule has 0 radical (unpaired) electrons. The molecule has 100 valence electrons. The van der Waals surface area contributed by atoms with E-state index in [2.05, 4.69) is 5.32 Å². The smallest absolute Gasteiger partial charge is 0.258 e. The summed E-state index contributed by atoms with van der Waals surface area (Å²) in [5.74, 6) is -0.783. The molecule has 0 aliphatic rings. The Morgan fingerprint density at radius 3 is 2.67 bits per heavy atom. The number of carbonyl (C=O) groups is 1. The predicted molar refractivity (Wildman–Crippen MR) is 68.8 cm³/mol. The minimum atomic E-state index is -0.565. The largest absolute Gasteiger partial charge is 0.481 e. The molecule has 0 aliphatic heterocycles. The Bertz CT molecular complexity index is 406. The van der Waals surface area contributed by atoms with Crippen molar-refractivity contribution in [2.45, 2.75) is 32.7 Å². The molecule has 3 N–H and O–H groups in total. The third-order valence-electron chi connectivity index (χ3n) is 2.67. The van der Waals surface area contributed by atoms with Crippen molar-refractivity contribution in [3.8, 4) is 5.75 Å². The molecule has 1 aromatic carbocycles. The van der Waals surface area contributed by atoms with Crippen LogP contribution in [0.5, 0.6) is 5.75 Å². The first-order valence-corrected chi connectivity index (χ1v) is 6.04. The first-order valence-electron chi connectivity index (χ1n) is 6.04. The molecule has 0 aliphatic carbocycles. The summed E-state index contributed by atoms with van der Waals surface area (Å²) in [4.78, 5) is 11.5. The van der Waals surface area contributed by atoms with E-state index in [1.807, 2.05) is 13.8 Å². The first kappa shape index (κ1) is 14.3. The van der Waals surface area contributed by atoms with Crippen molar-refractivity contribution in [1.29, 1.82) is 0 Å². The number of hydrogen-bond donors (Lipinski definition) is 2. The number of nitrogen functional groups attached to an aromatic ring is 1. The second-order valence-electron chi connectivity index (χ2n) is 4.06. The van der Waals surface area contributed by atoms with Gasteiger partial charge in [0.2, 0.25) is 0 Å². The van der Waals surface area contributed by atoms with Gasteiger partial charge in [-0.25, -0.2) is 4.39 Å². The van der Waals surface area contributed by atoms with E-state index in [4.69, 9.17) is 10.5 Å². The minimum Gasteiger partial charge on any atom is -0.481 e. The van der Waals surface area contributed by atoms with Gasteiger partial charge in [0, 0.05) is 17.8 Å². The monoisotopic (exact) mass is 254 g/mol. The van der Waals surface area contributed by atoms with Gasteiger partial charge in [0.05, 0.1) is 0 Å². The SMILES string of the molecule is CCC(CC)NC(=O)COc1ccc(N)cc1F. The van der Waals surface area contributed by atoms with Crippen molar-refractivity contribution < 1.29 is 13.9 Å². The highest BCUT2D eigenvalue weighted by atomic mass is 19.1. The summed E-state index contributed by atoms with van der Waals surface area (Å²) in [6.07, 6.45) is 1.72. The maximum atomic E-state index is 13.4. The zero-order valence-corrected chi connectivity index (χ0v) is 10.7. The quantitative estimate of drug-likeness (QED) is 0.764. The van der Waals surface area contributed by atoms with Gasteiger partial charge >= 0.3 is 0 Å². The average molecular weight is 254 g/mol. The number of nitrogens with two attached hydrogens (primary N) is 1. The summed E-state index contributed by atoms with van der Waals surface area (Å²) < 4.78 is 18.5. The zero-order valence-electron chi connectivity index (χ0n) is 10.7. The maximum absolute atomic E-state index is 13.4. The standard InChI is InChI=1S/C13H19FN2O2/c1-3-10(4-2)16-13(17)8-18-12-6-5-9(15)7-11(12)14/h5-7,10H,3-4,8,15H2,1-2H3,(H,16,17). The summed E-state index contributed by atoms with van der Waals surface area (Å²) >= 11 is 0. The molecule has 1 amide bonds. The van der Waals surface area contributed by atoms with Gasteiger partial charge in [0.15, 0.2) is 18.2 Å². The lowest BCUT2D eigenvalue weighted by atomic mass is 10.2. The molecule has 0 unspecified atom stereocenters. The second-order valence-corrected chi connectivity index (χ2v) is 4.06. The topological polar surface area (TPSA) is 64.3 Å².